The molecule has 0 spiro atoms. The fraction of sp³-hybridized carbons (Fsp3) is 0.259. The highest BCUT2D eigenvalue weighted by molar-refractivity contribution is 6.04. The van der Waals surface area contributed by atoms with E-state index in [1.54, 1.807) is 18.2 Å². The van der Waals surface area contributed by atoms with Gasteiger partial charge in [0.25, 0.3) is 5.91 Å². The second-order valence-corrected chi connectivity index (χ2v) is 9.27. The number of aromatic nitrogens is 4. The zero-order valence-electron chi connectivity index (χ0n) is 20.7. The molecule has 8 nitrogen and oxygen atoms in total. The lowest BCUT2D eigenvalue weighted by molar-refractivity contribution is -0.137. The van der Waals surface area contributed by atoms with Gasteiger partial charge < -0.3 is 16.0 Å². The van der Waals surface area contributed by atoms with E-state index in [2.05, 4.69) is 39.1 Å². The third-order valence-corrected chi connectivity index (χ3v) is 6.49. The Morgan fingerprint density at radius 3 is 2.71 bits per heavy atom. The van der Waals surface area contributed by atoms with Gasteiger partial charge in [-0.2, -0.15) is 18.3 Å². The number of carbonyl (C=O) groups excluding carboxylic acids is 1. The van der Waals surface area contributed by atoms with Crippen LogP contribution >= 0.6 is 0 Å². The van der Waals surface area contributed by atoms with Gasteiger partial charge in [-0.1, -0.05) is 18.1 Å². The first-order chi connectivity index (χ1) is 18.1. The fourth-order valence-corrected chi connectivity index (χ4v) is 4.45. The van der Waals surface area contributed by atoms with Gasteiger partial charge in [-0.25, -0.2) is 14.6 Å². The molecular weight excluding hydrogens is 495 g/mol. The number of nitrogen functional groups attached to an aromatic ring is 1. The molecule has 0 radical (unpaired) electrons. The lowest BCUT2D eigenvalue weighted by Gasteiger charge is -2.11. The van der Waals surface area contributed by atoms with E-state index in [0.29, 0.717) is 22.3 Å². The molecule has 38 heavy (non-hydrogen) atoms. The van der Waals surface area contributed by atoms with Gasteiger partial charge in [-0.3, -0.25) is 4.79 Å². The summed E-state index contributed by atoms with van der Waals surface area (Å²) in [7, 11) is 2.05. The number of likely N-dealkylation sites (N-methyl/N-ethyl adjacent to an activating group) is 1. The van der Waals surface area contributed by atoms with Crippen molar-refractivity contribution in [3.05, 3.63) is 76.7 Å². The maximum atomic E-state index is 13.0. The smallest absolute Gasteiger partial charge is 0.383 e. The Morgan fingerprint density at radius 2 is 1.97 bits per heavy atom. The number of likely N-dealkylation sites (tertiary alicyclic amines) is 1. The molecule has 3 heterocycles. The molecule has 2 aromatic heterocycles. The third kappa shape index (κ3) is 5.03. The van der Waals surface area contributed by atoms with Crippen molar-refractivity contribution in [1.29, 1.82) is 0 Å². The minimum Gasteiger partial charge on any atom is -0.383 e. The Bertz CT molecular complexity index is 1600. The van der Waals surface area contributed by atoms with Gasteiger partial charge in [0.2, 0.25) is 0 Å². The summed E-state index contributed by atoms with van der Waals surface area (Å²) in [5.74, 6) is 5.87. The largest absolute Gasteiger partial charge is 0.416 e. The molecule has 0 bridgehead atoms. The van der Waals surface area contributed by atoms with Crippen LogP contribution in [0.5, 0.6) is 0 Å². The van der Waals surface area contributed by atoms with Crippen LogP contribution in [0, 0.1) is 18.8 Å². The number of anilines is 2. The number of nitrogens with zero attached hydrogens (tertiary/aromatic N) is 5. The molecule has 0 aliphatic carbocycles. The predicted molar refractivity (Wildman–Crippen MR) is 137 cm³/mol. The molecule has 11 heteroatoms. The maximum absolute atomic E-state index is 13.0. The first kappa shape index (κ1) is 25.2. The molecule has 0 saturated carbocycles. The predicted octanol–water partition coefficient (Wildman–Crippen LogP) is 4.26. The third-order valence-electron chi connectivity index (χ3n) is 6.49. The Labute approximate surface area is 216 Å². The molecule has 1 fully saturated rings. The van der Waals surface area contributed by atoms with Crippen molar-refractivity contribution in [3.63, 3.8) is 0 Å². The van der Waals surface area contributed by atoms with E-state index in [-0.39, 0.29) is 23.1 Å². The molecule has 3 N–H and O–H groups in total. The van der Waals surface area contributed by atoms with Crippen LogP contribution in [-0.4, -0.2) is 50.7 Å². The lowest BCUT2D eigenvalue weighted by atomic mass is 10.0. The quantitative estimate of drug-likeness (QED) is 0.392. The maximum Gasteiger partial charge on any atom is 0.416 e. The zero-order valence-corrected chi connectivity index (χ0v) is 20.7. The van der Waals surface area contributed by atoms with Crippen LogP contribution in [0.1, 0.15) is 45.2 Å². The second kappa shape index (κ2) is 9.79. The monoisotopic (exact) mass is 519 g/mol. The van der Waals surface area contributed by atoms with Crippen LogP contribution in [0.3, 0.4) is 0 Å². The van der Waals surface area contributed by atoms with E-state index in [1.165, 1.54) is 18.5 Å². The van der Waals surface area contributed by atoms with Crippen LogP contribution in [0.25, 0.3) is 11.0 Å². The SMILES string of the molecule is Cc1ccc(C(=O)Nc2cccc(C(F)(F)F)c2)cc1C#Cc1nn(C2CCN(C)C2)c2ncnc(N)c12. The van der Waals surface area contributed by atoms with E-state index in [1.807, 2.05) is 11.6 Å². The molecule has 1 unspecified atom stereocenters. The Morgan fingerprint density at radius 1 is 1.16 bits per heavy atom. The summed E-state index contributed by atoms with van der Waals surface area (Å²) in [6.07, 6.45) is -2.18. The molecule has 1 saturated heterocycles. The Balaban J connectivity index is 1.45. The number of fused-ring (bicyclic) bond motifs is 1. The summed E-state index contributed by atoms with van der Waals surface area (Å²) in [6.45, 7) is 3.62. The van der Waals surface area contributed by atoms with Gasteiger partial charge in [0.15, 0.2) is 5.65 Å². The van der Waals surface area contributed by atoms with E-state index in [4.69, 9.17) is 10.8 Å². The van der Waals surface area contributed by atoms with Gasteiger partial charge in [0.05, 0.1) is 17.0 Å². The summed E-state index contributed by atoms with van der Waals surface area (Å²) >= 11 is 0. The topological polar surface area (TPSA) is 102 Å². The van der Waals surface area contributed by atoms with E-state index < -0.39 is 17.6 Å². The Hall–Kier alpha value is -4.43. The molecule has 4 aromatic rings. The minimum absolute atomic E-state index is 0.0445. The van der Waals surface area contributed by atoms with E-state index in [0.717, 1.165) is 37.2 Å². The molecule has 1 atom stereocenters. The first-order valence-corrected chi connectivity index (χ1v) is 11.9. The van der Waals surface area contributed by atoms with Crippen molar-refractivity contribution in [1.82, 2.24) is 24.6 Å². The van der Waals surface area contributed by atoms with Gasteiger partial charge in [0, 0.05) is 29.9 Å². The molecular formula is C27H24F3N7O. The number of hydrogen-bond acceptors (Lipinski definition) is 6. The zero-order chi connectivity index (χ0) is 27.0. The minimum atomic E-state index is -4.51. The van der Waals surface area contributed by atoms with Gasteiger partial charge in [0.1, 0.15) is 17.8 Å². The number of aryl methyl sites for hydroxylation is 1. The molecule has 1 amide bonds. The normalized spacial score (nSPS) is 15.9. The molecule has 5 rings (SSSR count). The van der Waals surface area contributed by atoms with Crippen molar-refractivity contribution in [3.8, 4) is 11.8 Å². The molecule has 2 aromatic carbocycles. The number of hydrogen-bond donors (Lipinski definition) is 2. The molecule has 1 aliphatic rings. The summed E-state index contributed by atoms with van der Waals surface area (Å²) in [6, 6.07) is 9.54. The van der Waals surface area contributed by atoms with Crippen LogP contribution < -0.4 is 11.1 Å². The van der Waals surface area contributed by atoms with Crippen LogP contribution in [0.4, 0.5) is 24.7 Å². The number of rotatable bonds is 3. The second-order valence-electron chi connectivity index (χ2n) is 9.27. The van der Waals surface area contributed by atoms with Gasteiger partial charge in [-0.05, 0) is 62.2 Å². The first-order valence-electron chi connectivity index (χ1n) is 11.9. The summed E-state index contributed by atoms with van der Waals surface area (Å²) in [5.41, 5.74) is 8.06. The number of nitrogens with two attached hydrogens (primary N) is 1. The number of alkyl halides is 3. The van der Waals surface area contributed by atoms with Crippen molar-refractivity contribution in [2.45, 2.75) is 25.6 Å². The molecule has 1 aliphatic heterocycles. The van der Waals surface area contributed by atoms with Gasteiger partial charge in [-0.15, -0.1) is 0 Å². The van der Waals surface area contributed by atoms with Crippen molar-refractivity contribution >= 4 is 28.4 Å². The summed E-state index contributed by atoms with van der Waals surface area (Å²) in [5, 5.41) is 7.81. The van der Waals surface area contributed by atoms with Crippen LogP contribution in [0.15, 0.2) is 48.8 Å². The number of nitrogens with one attached hydrogen (secondary N) is 1. The van der Waals surface area contributed by atoms with Crippen molar-refractivity contribution in [2.24, 2.45) is 0 Å². The average molecular weight is 520 g/mol. The van der Waals surface area contributed by atoms with Gasteiger partial charge >= 0.3 is 6.18 Å². The average Bonchev–Trinajstić information content (AvgIpc) is 3.47. The lowest BCUT2D eigenvalue weighted by Crippen LogP contribution is -2.17. The number of halogens is 3. The van der Waals surface area contributed by atoms with Crippen molar-refractivity contribution < 1.29 is 18.0 Å². The summed E-state index contributed by atoms with van der Waals surface area (Å²) < 4.78 is 40.9. The van der Waals surface area contributed by atoms with Crippen LogP contribution in [0.2, 0.25) is 0 Å². The highest BCUT2D eigenvalue weighted by atomic mass is 19.4. The number of carbonyl (C=O) groups is 1. The van der Waals surface area contributed by atoms with E-state index >= 15 is 0 Å². The van der Waals surface area contributed by atoms with Crippen LogP contribution in [-0.2, 0) is 6.18 Å². The number of benzene rings is 2. The standard InChI is InChI=1S/C27H24F3N7O/c1-16-6-7-18(26(38)34-20-5-3-4-19(13-20)27(28,29)30)12-17(16)8-9-22-23-24(31)32-15-33-25(23)37(35-22)21-10-11-36(2)14-21/h3-7,12-13,15,21H,10-11,14H2,1-2H3,(H,34,38)(H2,31,32,33). The number of amides is 1. The fourth-order valence-electron chi connectivity index (χ4n) is 4.45. The Kier molecular flexibility index (Phi) is 6.50. The highest BCUT2D eigenvalue weighted by Gasteiger charge is 2.30. The molecule has 194 valence electrons. The highest BCUT2D eigenvalue weighted by Crippen LogP contribution is 2.31. The van der Waals surface area contributed by atoms with Crippen molar-refractivity contribution in [2.75, 3.05) is 31.2 Å². The summed E-state index contributed by atoms with van der Waals surface area (Å²) in [4.78, 5) is 23.5. The van der Waals surface area contributed by atoms with E-state index in [9.17, 15) is 18.0 Å².